The molecule has 2 rings (SSSR count). The standard InChI is InChI=1S/C15H22N2O3/c1-11-12(2)14(20-3)5-4-13(11)17-8-6-16(7-9-17)10-15(18)19/h4-5H,6-10H2,1-3H3,(H,18,19). The Balaban J connectivity index is 2.07. The van der Waals surface area contributed by atoms with E-state index in [2.05, 4.69) is 24.8 Å². The molecule has 1 aliphatic heterocycles. The van der Waals surface area contributed by atoms with Gasteiger partial charge in [-0.15, -0.1) is 0 Å². The van der Waals surface area contributed by atoms with Crippen LogP contribution in [0.3, 0.4) is 0 Å². The summed E-state index contributed by atoms with van der Waals surface area (Å²) in [5, 5.41) is 8.82. The SMILES string of the molecule is COc1ccc(N2CCN(CC(=O)O)CC2)c(C)c1C. The molecule has 0 aliphatic carbocycles. The Morgan fingerprint density at radius 3 is 2.40 bits per heavy atom. The molecule has 1 heterocycles. The molecule has 0 saturated carbocycles. The van der Waals surface area contributed by atoms with E-state index >= 15 is 0 Å². The van der Waals surface area contributed by atoms with Crippen LogP contribution in [-0.4, -0.2) is 55.8 Å². The molecular weight excluding hydrogens is 256 g/mol. The molecule has 110 valence electrons. The number of carboxylic acids is 1. The third-order valence-corrected chi connectivity index (χ3v) is 4.00. The molecule has 1 aliphatic rings. The molecule has 0 atom stereocenters. The summed E-state index contributed by atoms with van der Waals surface area (Å²) in [6, 6.07) is 4.09. The molecule has 0 bridgehead atoms. The lowest BCUT2D eigenvalue weighted by Gasteiger charge is -2.36. The number of hydrogen-bond acceptors (Lipinski definition) is 4. The number of piperazine rings is 1. The van der Waals surface area contributed by atoms with Crippen molar-refractivity contribution in [3.63, 3.8) is 0 Å². The van der Waals surface area contributed by atoms with Gasteiger partial charge in [0.2, 0.25) is 0 Å². The van der Waals surface area contributed by atoms with Crippen molar-refractivity contribution in [1.29, 1.82) is 0 Å². The summed E-state index contributed by atoms with van der Waals surface area (Å²) < 4.78 is 5.34. The Bertz CT molecular complexity index is 494. The van der Waals surface area contributed by atoms with Gasteiger partial charge in [-0.25, -0.2) is 0 Å². The number of anilines is 1. The van der Waals surface area contributed by atoms with Crippen molar-refractivity contribution in [1.82, 2.24) is 4.90 Å². The summed E-state index contributed by atoms with van der Waals surface area (Å²) in [4.78, 5) is 15.0. The van der Waals surface area contributed by atoms with E-state index in [1.165, 1.54) is 11.3 Å². The van der Waals surface area contributed by atoms with Gasteiger partial charge in [-0.05, 0) is 37.1 Å². The molecule has 1 saturated heterocycles. The van der Waals surface area contributed by atoms with Crippen LogP contribution >= 0.6 is 0 Å². The summed E-state index contributed by atoms with van der Waals surface area (Å²) in [6.07, 6.45) is 0. The van der Waals surface area contributed by atoms with Gasteiger partial charge in [0.1, 0.15) is 5.75 Å². The number of aliphatic carboxylic acids is 1. The van der Waals surface area contributed by atoms with Crippen LogP contribution in [0.5, 0.6) is 5.75 Å². The fraction of sp³-hybridized carbons (Fsp3) is 0.533. The predicted octanol–water partition coefficient (Wildman–Crippen LogP) is 1.52. The fourth-order valence-electron chi connectivity index (χ4n) is 2.68. The summed E-state index contributed by atoms with van der Waals surface area (Å²) in [7, 11) is 1.69. The zero-order valence-corrected chi connectivity index (χ0v) is 12.3. The minimum atomic E-state index is -0.755. The highest BCUT2D eigenvalue weighted by atomic mass is 16.5. The molecule has 0 spiro atoms. The average molecular weight is 278 g/mol. The van der Waals surface area contributed by atoms with E-state index < -0.39 is 5.97 Å². The Hall–Kier alpha value is -1.75. The van der Waals surface area contributed by atoms with E-state index in [0.29, 0.717) is 0 Å². The molecule has 5 nitrogen and oxygen atoms in total. The van der Waals surface area contributed by atoms with Crippen LogP contribution in [0.4, 0.5) is 5.69 Å². The first-order valence-electron chi connectivity index (χ1n) is 6.86. The average Bonchev–Trinajstić information content (AvgIpc) is 2.42. The molecule has 20 heavy (non-hydrogen) atoms. The van der Waals surface area contributed by atoms with E-state index in [9.17, 15) is 4.79 Å². The van der Waals surface area contributed by atoms with E-state index in [-0.39, 0.29) is 6.54 Å². The molecule has 1 fully saturated rings. The topological polar surface area (TPSA) is 53.0 Å². The van der Waals surface area contributed by atoms with Crippen molar-refractivity contribution in [2.24, 2.45) is 0 Å². The fourth-order valence-corrected chi connectivity index (χ4v) is 2.68. The van der Waals surface area contributed by atoms with Gasteiger partial charge in [-0.1, -0.05) is 0 Å². The summed E-state index contributed by atoms with van der Waals surface area (Å²) in [5.74, 6) is 0.158. The Kier molecular flexibility index (Phi) is 4.49. The quantitative estimate of drug-likeness (QED) is 0.905. The van der Waals surface area contributed by atoms with E-state index in [1.807, 2.05) is 11.0 Å². The smallest absolute Gasteiger partial charge is 0.317 e. The molecule has 0 unspecified atom stereocenters. The monoisotopic (exact) mass is 278 g/mol. The van der Waals surface area contributed by atoms with Crippen LogP contribution in [0.15, 0.2) is 12.1 Å². The molecule has 0 amide bonds. The second-order valence-electron chi connectivity index (χ2n) is 5.19. The maximum absolute atomic E-state index is 10.7. The summed E-state index contributed by atoms with van der Waals surface area (Å²) in [6.45, 7) is 7.61. The van der Waals surface area contributed by atoms with Crippen molar-refractivity contribution in [3.8, 4) is 5.75 Å². The number of nitrogens with zero attached hydrogens (tertiary/aromatic N) is 2. The Morgan fingerprint density at radius 2 is 1.85 bits per heavy atom. The number of methoxy groups -OCH3 is 1. The highest BCUT2D eigenvalue weighted by molar-refractivity contribution is 5.69. The van der Waals surface area contributed by atoms with Crippen molar-refractivity contribution in [2.75, 3.05) is 44.7 Å². The normalized spacial score (nSPS) is 16.2. The van der Waals surface area contributed by atoms with Gasteiger partial charge in [0, 0.05) is 31.9 Å². The lowest BCUT2D eigenvalue weighted by atomic mass is 10.1. The maximum atomic E-state index is 10.7. The van der Waals surface area contributed by atoms with Gasteiger partial charge >= 0.3 is 5.97 Å². The third-order valence-electron chi connectivity index (χ3n) is 4.00. The number of ether oxygens (including phenoxy) is 1. The second kappa shape index (κ2) is 6.13. The number of carboxylic acid groups (broad SMARTS) is 1. The van der Waals surface area contributed by atoms with Gasteiger partial charge in [0.15, 0.2) is 0 Å². The van der Waals surface area contributed by atoms with Crippen molar-refractivity contribution < 1.29 is 14.6 Å². The van der Waals surface area contributed by atoms with Crippen LogP contribution in [0.2, 0.25) is 0 Å². The van der Waals surface area contributed by atoms with Crippen molar-refractivity contribution in [2.45, 2.75) is 13.8 Å². The predicted molar refractivity (Wildman–Crippen MR) is 78.8 cm³/mol. The number of benzene rings is 1. The van der Waals surface area contributed by atoms with Gasteiger partial charge in [0.25, 0.3) is 0 Å². The first-order valence-corrected chi connectivity index (χ1v) is 6.86. The van der Waals surface area contributed by atoms with Crippen LogP contribution in [0, 0.1) is 13.8 Å². The third kappa shape index (κ3) is 3.04. The summed E-state index contributed by atoms with van der Waals surface area (Å²) >= 11 is 0. The lowest BCUT2D eigenvalue weighted by Crippen LogP contribution is -2.48. The van der Waals surface area contributed by atoms with Gasteiger partial charge in [-0.3, -0.25) is 9.69 Å². The van der Waals surface area contributed by atoms with Gasteiger partial charge in [0.05, 0.1) is 13.7 Å². The largest absolute Gasteiger partial charge is 0.496 e. The molecule has 1 aromatic carbocycles. The maximum Gasteiger partial charge on any atom is 0.317 e. The highest BCUT2D eigenvalue weighted by Gasteiger charge is 2.20. The van der Waals surface area contributed by atoms with E-state index in [1.54, 1.807) is 7.11 Å². The first kappa shape index (κ1) is 14.7. The molecule has 0 radical (unpaired) electrons. The zero-order valence-electron chi connectivity index (χ0n) is 12.3. The van der Waals surface area contributed by atoms with Crippen molar-refractivity contribution in [3.05, 3.63) is 23.3 Å². The Morgan fingerprint density at radius 1 is 1.20 bits per heavy atom. The Labute approximate surface area is 119 Å². The molecule has 5 heteroatoms. The molecule has 0 aromatic heterocycles. The van der Waals surface area contributed by atoms with E-state index in [4.69, 9.17) is 9.84 Å². The van der Waals surface area contributed by atoms with Crippen LogP contribution in [-0.2, 0) is 4.79 Å². The van der Waals surface area contributed by atoms with Crippen molar-refractivity contribution >= 4 is 11.7 Å². The minimum absolute atomic E-state index is 0.133. The van der Waals surface area contributed by atoms with Crippen LogP contribution in [0.1, 0.15) is 11.1 Å². The second-order valence-corrected chi connectivity index (χ2v) is 5.19. The summed E-state index contributed by atoms with van der Waals surface area (Å²) in [5.41, 5.74) is 3.62. The van der Waals surface area contributed by atoms with Gasteiger partial charge in [-0.2, -0.15) is 0 Å². The zero-order chi connectivity index (χ0) is 14.7. The molecule has 1 aromatic rings. The molecule has 1 N–H and O–H groups in total. The number of rotatable bonds is 4. The first-order chi connectivity index (χ1) is 9.52. The van der Waals surface area contributed by atoms with Crippen LogP contribution < -0.4 is 9.64 Å². The minimum Gasteiger partial charge on any atom is -0.496 e. The number of carbonyl (C=O) groups is 1. The van der Waals surface area contributed by atoms with Crippen LogP contribution in [0.25, 0.3) is 0 Å². The van der Waals surface area contributed by atoms with E-state index in [0.717, 1.165) is 37.5 Å². The lowest BCUT2D eigenvalue weighted by molar-refractivity contribution is -0.138. The highest BCUT2D eigenvalue weighted by Crippen LogP contribution is 2.30. The molecular formula is C15H22N2O3. The van der Waals surface area contributed by atoms with Gasteiger partial charge < -0.3 is 14.7 Å². The number of hydrogen-bond donors (Lipinski definition) is 1.